The molecule has 0 bridgehead atoms. The van der Waals surface area contributed by atoms with Crippen molar-refractivity contribution in [2.24, 2.45) is 5.73 Å². The summed E-state index contributed by atoms with van der Waals surface area (Å²) in [6.07, 6.45) is 0.278. The molecular weight excluding hydrogens is 313 g/mol. The summed E-state index contributed by atoms with van der Waals surface area (Å²) in [6.45, 7) is 2.04. The fourth-order valence-electron chi connectivity index (χ4n) is 1.84. The normalized spacial score (nSPS) is 12.2. The summed E-state index contributed by atoms with van der Waals surface area (Å²) < 4.78 is 10.5. The highest BCUT2D eigenvalue weighted by Crippen LogP contribution is 2.29. The summed E-state index contributed by atoms with van der Waals surface area (Å²) in [4.78, 5) is 11.5. The first-order chi connectivity index (χ1) is 10.0. The topological polar surface area (TPSA) is 65.5 Å². The van der Waals surface area contributed by atoms with E-state index in [9.17, 15) is 4.79 Å². The van der Waals surface area contributed by atoms with Crippen LogP contribution in [0.5, 0.6) is 0 Å². The van der Waals surface area contributed by atoms with Gasteiger partial charge in [0.05, 0.1) is 16.7 Å². The highest BCUT2D eigenvalue weighted by atomic mass is 35.5. The van der Waals surface area contributed by atoms with Crippen molar-refractivity contribution in [2.75, 3.05) is 6.61 Å². The van der Waals surface area contributed by atoms with E-state index in [1.54, 1.807) is 31.2 Å². The van der Waals surface area contributed by atoms with Crippen molar-refractivity contribution < 1.29 is 13.9 Å². The molecule has 112 valence electrons. The zero-order valence-corrected chi connectivity index (χ0v) is 12.9. The Morgan fingerprint density at radius 1 is 1.29 bits per heavy atom. The molecule has 0 spiro atoms. The highest BCUT2D eigenvalue weighted by molar-refractivity contribution is 6.42. The van der Waals surface area contributed by atoms with Crippen LogP contribution in [0.25, 0.3) is 11.3 Å². The summed E-state index contributed by atoms with van der Waals surface area (Å²) in [5, 5.41) is 0.937. The van der Waals surface area contributed by atoms with Gasteiger partial charge in [0.2, 0.25) is 0 Å². The van der Waals surface area contributed by atoms with Gasteiger partial charge >= 0.3 is 5.97 Å². The number of rotatable bonds is 5. The predicted molar refractivity (Wildman–Crippen MR) is 82.5 cm³/mol. The number of esters is 1. The lowest BCUT2D eigenvalue weighted by Crippen LogP contribution is -2.34. The second kappa shape index (κ2) is 6.98. The maximum atomic E-state index is 11.5. The molecule has 0 aliphatic heterocycles. The molecule has 1 unspecified atom stereocenters. The molecule has 1 aromatic heterocycles. The van der Waals surface area contributed by atoms with Gasteiger partial charge in [0.1, 0.15) is 17.6 Å². The first-order valence-corrected chi connectivity index (χ1v) is 7.23. The Balaban J connectivity index is 2.10. The lowest BCUT2D eigenvalue weighted by Gasteiger charge is -2.08. The Bertz CT molecular complexity index is 640. The molecule has 2 rings (SSSR count). The lowest BCUT2D eigenvalue weighted by atomic mass is 10.2. The quantitative estimate of drug-likeness (QED) is 0.850. The molecule has 2 N–H and O–H groups in total. The molecule has 0 aliphatic carbocycles. The van der Waals surface area contributed by atoms with E-state index in [1.165, 1.54) is 0 Å². The van der Waals surface area contributed by atoms with Crippen molar-refractivity contribution in [3.63, 3.8) is 0 Å². The van der Waals surface area contributed by atoms with Crippen molar-refractivity contribution in [3.8, 4) is 11.3 Å². The number of hydrogen-bond donors (Lipinski definition) is 1. The molecule has 0 saturated carbocycles. The third-order valence-electron chi connectivity index (χ3n) is 2.88. The number of carbonyl (C=O) groups is 1. The van der Waals surface area contributed by atoms with E-state index in [4.69, 9.17) is 38.1 Å². The Labute approximate surface area is 132 Å². The number of halogens is 2. The van der Waals surface area contributed by atoms with Gasteiger partial charge in [-0.05, 0) is 37.3 Å². The first-order valence-electron chi connectivity index (χ1n) is 6.47. The van der Waals surface area contributed by atoms with Gasteiger partial charge in [-0.3, -0.25) is 4.79 Å². The third-order valence-corrected chi connectivity index (χ3v) is 3.62. The van der Waals surface area contributed by atoms with Gasteiger partial charge in [-0.25, -0.2) is 0 Å². The van der Waals surface area contributed by atoms with E-state index in [2.05, 4.69) is 0 Å². The fourth-order valence-corrected chi connectivity index (χ4v) is 2.14. The van der Waals surface area contributed by atoms with E-state index in [-0.39, 0.29) is 6.42 Å². The largest absolute Gasteiger partial charge is 0.465 e. The molecule has 0 radical (unpaired) electrons. The zero-order valence-electron chi connectivity index (χ0n) is 11.4. The number of hydrogen-bond acceptors (Lipinski definition) is 4. The van der Waals surface area contributed by atoms with E-state index in [0.29, 0.717) is 28.2 Å². The minimum atomic E-state index is -0.738. The standard InChI is InChI=1S/C15H15Cl2NO3/c1-2-20-15(19)13(18)8-10-4-6-14(21-10)9-3-5-11(16)12(17)7-9/h3-7,13H,2,8,18H2,1H3. The fraction of sp³-hybridized carbons (Fsp3) is 0.267. The molecule has 0 aliphatic rings. The van der Waals surface area contributed by atoms with Crippen molar-refractivity contribution in [1.29, 1.82) is 0 Å². The number of furan rings is 1. The summed E-state index contributed by atoms with van der Waals surface area (Å²) in [7, 11) is 0. The molecule has 0 amide bonds. The molecule has 4 nitrogen and oxygen atoms in total. The summed E-state index contributed by atoms with van der Waals surface area (Å²) in [5.41, 5.74) is 6.56. The van der Waals surface area contributed by atoms with Crippen LogP contribution < -0.4 is 5.73 Å². The van der Waals surface area contributed by atoms with Gasteiger partial charge in [-0.15, -0.1) is 0 Å². The van der Waals surface area contributed by atoms with Gasteiger partial charge in [0, 0.05) is 12.0 Å². The molecule has 1 heterocycles. The Kier molecular flexibility index (Phi) is 5.28. The van der Waals surface area contributed by atoms with Crippen LogP contribution in [-0.4, -0.2) is 18.6 Å². The lowest BCUT2D eigenvalue weighted by molar-refractivity contribution is -0.144. The number of benzene rings is 1. The van der Waals surface area contributed by atoms with Gasteiger partial charge in [0.25, 0.3) is 0 Å². The van der Waals surface area contributed by atoms with E-state index >= 15 is 0 Å². The van der Waals surface area contributed by atoms with Gasteiger partial charge < -0.3 is 14.9 Å². The van der Waals surface area contributed by atoms with Crippen molar-refractivity contribution in [2.45, 2.75) is 19.4 Å². The van der Waals surface area contributed by atoms with Crippen LogP contribution >= 0.6 is 23.2 Å². The number of ether oxygens (including phenoxy) is 1. The molecule has 1 aromatic carbocycles. The average molecular weight is 328 g/mol. The van der Waals surface area contributed by atoms with Gasteiger partial charge in [0.15, 0.2) is 0 Å². The molecule has 2 aromatic rings. The van der Waals surface area contributed by atoms with Crippen LogP contribution in [0, 0.1) is 0 Å². The van der Waals surface area contributed by atoms with Crippen molar-refractivity contribution in [1.82, 2.24) is 0 Å². The van der Waals surface area contributed by atoms with Crippen molar-refractivity contribution in [3.05, 3.63) is 46.1 Å². The highest BCUT2D eigenvalue weighted by Gasteiger charge is 2.17. The van der Waals surface area contributed by atoms with Crippen LogP contribution in [0.3, 0.4) is 0 Å². The molecule has 1 atom stereocenters. The van der Waals surface area contributed by atoms with Crippen molar-refractivity contribution >= 4 is 29.2 Å². The van der Waals surface area contributed by atoms with Crippen LogP contribution in [0.4, 0.5) is 0 Å². The minimum Gasteiger partial charge on any atom is -0.465 e. The van der Waals surface area contributed by atoms with E-state index in [1.807, 2.05) is 6.07 Å². The summed E-state index contributed by atoms with van der Waals surface area (Å²) >= 11 is 11.9. The van der Waals surface area contributed by atoms with Gasteiger partial charge in [-0.1, -0.05) is 23.2 Å². The number of nitrogens with two attached hydrogens (primary N) is 1. The molecule has 0 fully saturated rings. The van der Waals surface area contributed by atoms with Crippen LogP contribution in [0.2, 0.25) is 10.0 Å². The Morgan fingerprint density at radius 2 is 2.05 bits per heavy atom. The predicted octanol–water partition coefficient (Wildman–Crippen LogP) is 3.69. The molecular formula is C15H15Cl2NO3. The number of carbonyl (C=O) groups excluding carboxylic acids is 1. The van der Waals surface area contributed by atoms with Crippen LogP contribution in [0.15, 0.2) is 34.7 Å². The SMILES string of the molecule is CCOC(=O)C(N)Cc1ccc(-c2ccc(Cl)c(Cl)c2)o1. The van der Waals surface area contributed by atoms with Gasteiger partial charge in [-0.2, -0.15) is 0 Å². The van der Waals surface area contributed by atoms with E-state index in [0.717, 1.165) is 5.56 Å². The maximum absolute atomic E-state index is 11.5. The van der Waals surface area contributed by atoms with Crippen LogP contribution in [-0.2, 0) is 16.0 Å². The van der Waals surface area contributed by atoms with Crippen LogP contribution in [0.1, 0.15) is 12.7 Å². The zero-order chi connectivity index (χ0) is 15.4. The third kappa shape index (κ3) is 4.00. The molecule has 0 saturated heterocycles. The molecule has 6 heteroatoms. The smallest absolute Gasteiger partial charge is 0.323 e. The second-order valence-corrected chi connectivity index (χ2v) is 5.27. The first kappa shape index (κ1) is 15.9. The minimum absolute atomic E-state index is 0.278. The van der Waals surface area contributed by atoms with E-state index < -0.39 is 12.0 Å². The summed E-state index contributed by atoms with van der Waals surface area (Å²) in [5.74, 6) is 0.807. The second-order valence-electron chi connectivity index (χ2n) is 4.46. The maximum Gasteiger partial charge on any atom is 0.323 e. The molecule has 21 heavy (non-hydrogen) atoms. The average Bonchev–Trinajstić information content (AvgIpc) is 2.90. The Hall–Kier alpha value is -1.49. The Morgan fingerprint density at radius 3 is 2.71 bits per heavy atom. The summed E-state index contributed by atoms with van der Waals surface area (Å²) in [6, 6.07) is 8.06. The monoisotopic (exact) mass is 327 g/mol.